The van der Waals surface area contributed by atoms with Crippen molar-refractivity contribution in [1.82, 2.24) is 0 Å². The molecule has 0 aliphatic rings. The predicted molar refractivity (Wildman–Crippen MR) is 36.6 cm³/mol. The SMILES string of the molecule is CC(O)CC(Cl)(Cl)Cl. The number of aliphatic hydroxyl groups excluding tert-OH is 1. The fraction of sp³-hybridized carbons (Fsp3) is 1.00. The van der Waals surface area contributed by atoms with Crippen LogP contribution in [0.3, 0.4) is 0 Å². The molecule has 8 heavy (non-hydrogen) atoms. The molecule has 0 aromatic carbocycles. The molecule has 0 aliphatic heterocycles. The first-order valence-electron chi connectivity index (χ1n) is 2.16. The topological polar surface area (TPSA) is 20.2 Å². The number of halogens is 3. The lowest BCUT2D eigenvalue weighted by Crippen LogP contribution is -2.12. The minimum Gasteiger partial charge on any atom is -0.393 e. The van der Waals surface area contributed by atoms with E-state index in [1.54, 1.807) is 6.92 Å². The number of hydrogen-bond acceptors (Lipinski definition) is 1. The summed E-state index contributed by atoms with van der Waals surface area (Å²) >= 11 is 15.9. The molecule has 0 aliphatic carbocycles. The Labute approximate surface area is 63.5 Å². The Kier molecular flexibility index (Phi) is 3.44. The van der Waals surface area contributed by atoms with Crippen LogP contribution in [-0.2, 0) is 0 Å². The first kappa shape index (κ1) is 8.83. The highest BCUT2D eigenvalue weighted by atomic mass is 35.6. The summed E-state index contributed by atoms with van der Waals surface area (Å²) in [4.78, 5) is 0. The number of rotatable bonds is 1. The Morgan fingerprint density at radius 2 is 1.88 bits per heavy atom. The molecule has 0 aromatic heterocycles. The molecular weight excluding hydrogens is 170 g/mol. The van der Waals surface area contributed by atoms with E-state index in [0.29, 0.717) is 0 Å². The molecule has 1 atom stereocenters. The average Bonchev–Trinajstić information content (AvgIpc) is 1.21. The minimum absolute atomic E-state index is 0.178. The van der Waals surface area contributed by atoms with Gasteiger partial charge in [0.2, 0.25) is 0 Å². The van der Waals surface area contributed by atoms with E-state index >= 15 is 0 Å². The molecule has 0 spiro atoms. The summed E-state index contributed by atoms with van der Waals surface area (Å²) in [5.74, 6) is 0. The van der Waals surface area contributed by atoms with Gasteiger partial charge in [0.15, 0.2) is 3.79 Å². The summed E-state index contributed by atoms with van der Waals surface area (Å²) in [7, 11) is 0. The van der Waals surface area contributed by atoms with Crippen molar-refractivity contribution in [3.05, 3.63) is 0 Å². The maximum atomic E-state index is 8.63. The Hall–Kier alpha value is 0.830. The van der Waals surface area contributed by atoms with E-state index in [1.165, 1.54) is 0 Å². The molecule has 0 radical (unpaired) electrons. The molecule has 0 amide bonds. The van der Waals surface area contributed by atoms with Crippen LogP contribution in [-0.4, -0.2) is 15.0 Å². The molecule has 0 fully saturated rings. The molecule has 0 heterocycles. The van der Waals surface area contributed by atoms with E-state index in [9.17, 15) is 0 Å². The van der Waals surface area contributed by atoms with Crippen molar-refractivity contribution < 1.29 is 5.11 Å². The lowest BCUT2D eigenvalue weighted by molar-refractivity contribution is 0.186. The largest absolute Gasteiger partial charge is 0.393 e. The average molecular weight is 177 g/mol. The van der Waals surface area contributed by atoms with E-state index in [0.717, 1.165) is 0 Å². The molecule has 0 rings (SSSR count). The first-order chi connectivity index (χ1) is 3.42. The fourth-order valence-electron chi connectivity index (χ4n) is 0.335. The van der Waals surface area contributed by atoms with Crippen LogP contribution in [0.4, 0.5) is 0 Å². The quantitative estimate of drug-likeness (QED) is 0.609. The van der Waals surface area contributed by atoms with Crippen molar-refractivity contribution >= 4 is 34.8 Å². The summed E-state index contributed by atoms with van der Waals surface area (Å²) in [5.41, 5.74) is 0. The Morgan fingerprint density at radius 3 is 1.88 bits per heavy atom. The van der Waals surface area contributed by atoms with Gasteiger partial charge in [-0.1, -0.05) is 34.8 Å². The van der Waals surface area contributed by atoms with Crippen molar-refractivity contribution in [2.75, 3.05) is 0 Å². The smallest absolute Gasteiger partial charge is 0.193 e. The number of alkyl halides is 3. The van der Waals surface area contributed by atoms with Crippen LogP contribution >= 0.6 is 34.8 Å². The Morgan fingerprint density at radius 1 is 1.50 bits per heavy atom. The van der Waals surface area contributed by atoms with Crippen LogP contribution in [0.5, 0.6) is 0 Å². The third-order valence-electron chi connectivity index (χ3n) is 0.527. The number of hydrogen-bond donors (Lipinski definition) is 1. The van der Waals surface area contributed by atoms with Gasteiger partial charge in [0.25, 0.3) is 0 Å². The first-order valence-corrected chi connectivity index (χ1v) is 3.30. The maximum absolute atomic E-state index is 8.63. The monoisotopic (exact) mass is 176 g/mol. The molecule has 50 valence electrons. The standard InChI is InChI=1S/C4H7Cl3O/c1-3(8)2-4(5,6)7/h3,8H,2H2,1H3. The second-order valence-corrected chi connectivity index (χ2v) is 4.18. The lowest BCUT2D eigenvalue weighted by Gasteiger charge is -2.11. The summed E-state index contributed by atoms with van der Waals surface area (Å²) in [6.07, 6.45) is -0.375. The molecule has 0 aromatic rings. The van der Waals surface area contributed by atoms with Crippen molar-refractivity contribution in [2.24, 2.45) is 0 Å². The van der Waals surface area contributed by atoms with Crippen molar-refractivity contribution in [2.45, 2.75) is 23.2 Å². The highest BCUT2D eigenvalue weighted by Crippen LogP contribution is 2.30. The van der Waals surface area contributed by atoms with Gasteiger partial charge in [-0.2, -0.15) is 0 Å². The van der Waals surface area contributed by atoms with Crippen LogP contribution in [0.25, 0.3) is 0 Å². The second-order valence-electron chi connectivity index (χ2n) is 1.67. The zero-order valence-electron chi connectivity index (χ0n) is 4.37. The van der Waals surface area contributed by atoms with Crippen molar-refractivity contribution in [1.29, 1.82) is 0 Å². The molecule has 0 saturated heterocycles. The van der Waals surface area contributed by atoms with Gasteiger partial charge in [0, 0.05) is 6.42 Å². The van der Waals surface area contributed by atoms with E-state index < -0.39 is 9.90 Å². The Balaban J connectivity index is 3.39. The van der Waals surface area contributed by atoms with Crippen molar-refractivity contribution in [3.8, 4) is 0 Å². The fourth-order valence-corrected chi connectivity index (χ4v) is 1.00. The third-order valence-corrected chi connectivity index (χ3v) is 0.990. The van der Waals surface area contributed by atoms with E-state index in [4.69, 9.17) is 39.9 Å². The van der Waals surface area contributed by atoms with Gasteiger partial charge < -0.3 is 5.11 Å². The molecule has 0 bridgehead atoms. The van der Waals surface area contributed by atoms with Gasteiger partial charge in [-0.3, -0.25) is 0 Å². The molecule has 4 heteroatoms. The van der Waals surface area contributed by atoms with E-state index in [-0.39, 0.29) is 6.42 Å². The zero-order chi connectivity index (χ0) is 6.78. The molecule has 1 nitrogen and oxygen atoms in total. The van der Waals surface area contributed by atoms with Crippen molar-refractivity contribution in [3.63, 3.8) is 0 Å². The normalized spacial score (nSPS) is 16.1. The lowest BCUT2D eigenvalue weighted by atomic mass is 10.3. The predicted octanol–water partition coefficient (Wildman–Crippen LogP) is 2.13. The highest BCUT2D eigenvalue weighted by molar-refractivity contribution is 6.67. The van der Waals surface area contributed by atoms with Crippen LogP contribution in [0.1, 0.15) is 13.3 Å². The van der Waals surface area contributed by atoms with Gasteiger partial charge in [0.05, 0.1) is 6.10 Å². The molecular formula is C4H7Cl3O. The van der Waals surface area contributed by atoms with E-state index in [2.05, 4.69) is 0 Å². The number of aliphatic hydroxyl groups is 1. The highest BCUT2D eigenvalue weighted by Gasteiger charge is 2.21. The van der Waals surface area contributed by atoms with Crippen LogP contribution in [0.2, 0.25) is 0 Å². The van der Waals surface area contributed by atoms with Gasteiger partial charge in [-0.15, -0.1) is 0 Å². The Bertz CT molecular complexity index is 66.2. The van der Waals surface area contributed by atoms with Crippen LogP contribution in [0.15, 0.2) is 0 Å². The molecule has 1 N–H and O–H groups in total. The van der Waals surface area contributed by atoms with E-state index in [1.807, 2.05) is 0 Å². The van der Waals surface area contributed by atoms with Gasteiger partial charge in [-0.05, 0) is 6.92 Å². The summed E-state index contributed by atoms with van der Waals surface area (Å²) < 4.78 is -1.31. The van der Waals surface area contributed by atoms with Gasteiger partial charge >= 0.3 is 0 Å². The molecule has 0 saturated carbocycles. The minimum atomic E-state index is -1.31. The maximum Gasteiger partial charge on any atom is 0.193 e. The molecule has 1 unspecified atom stereocenters. The van der Waals surface area contributed by atoms with Gasteiger partial charge in [-0.25, -0.2) is 0 Å². The summed E-state index contributed by atoms with van der Waals surface area (Å²) in [6.45, 7) is 1.57. The zero-order valence-corrected chi connectivity index (χ0v) is 6.63. The van der Waals surface area contributed by atoms with Crippen LogP contribution < -0.4 is 0 Å². The summed E-state index contributed by atoms with van der Waals surface area (Å²) in [6, 6.07) is 0. The van der Waals surface area contributed by atoms with Crippen LogP contribution in [0, 0.1) is 0 Å². The van der Waals surface area contributed by atoms with Gasteiger partial charge in [0.1, 0.15) is 0 Å². The second kappa shape index (κ2) is 3.11. The third kappa shape index (κ3) is 6.83. The summed E-state index contributed by atoms with van der Waals surface area (Å²) in [5, 5.41) is 8.63.